The van der Waals surface area contributed by atoms with Gasteiger partial charge in [-0.25, -0.2) is 0 Å². The lowest BCUT2D eigenvalue weighted by Crippen LogP contribution is -2.56. The number of ether oxygens (including phenoxy) is 5. The van der Waals surface area contributed by atoms with E-state index in [1.807, 2.05) is 56.0 Å². The number of benzene rings is 3. The number of nitrogens with zero attached hydrogens (tertiary/aromatic N) is 5. The van der Waals surface area contributed by atoms with Crippen molar-refractivity contribution in [3.8, 4) is 11.3 Å². The van der Waals surface area contributed by atoms with E-state index in [0.29, 0.717) is 99.5 Å². The quantitative estimate of drug-likeness (QED) is 0.0585. The number of carbonyl (C=O) groups excluding carboxylic acids is 5. The molecule has 1 unspecified atom stereocenters. The fourth-order valence-electron chi connectivity index (χ4n) is 9.44. The standard InChI is InChI=1S/C57H75N7O10/c1-57(2,3)74-52(65)22-30-70-33-35-72-36-34-71-31-28-62(5)56(69)51-40-73-32-29-64(51)27-26-61(4)55(68)44-16-11-15-42(37-44)53(66)60-49-20-19-45(63-24-9-6-10-25-63)39-47(49)50-38-43(21-23-58-50)54(67)59-48-18-12-14-41-13-7-8-17-46(41)48/h7-8,11,13,15-17,19-21,23,37-39,48,51H,6,9-10,12,14,18,22,24-36,40H2,1-5H3,(H,59,67)(H,60,66)/t48-,51?/m0/s1. The smallest absolute Gasteiger partial charge is 0.308 e. The first-order valence-corrected chi connectivity index (χ1v) is 26.2. The average Bonchev–Trinajstić information content (AvgIpc) is 3.41. The summed E-state index contributed by atoms with van der Waals surface area (Å²) in [6.45, 7) is 11.7. The Labute approximate surface area is 436 Å². The minimum atomic E-state index is -0.521. The Morgan fingerprint density at radius 3 is 2.26 bits per heavy atom. The molecule has 4 aromatic rings. The Hall–Kier alpha value is -6.24. The molecule has 2 atom stereocenters. The number of rotatable bonds is 23. The third-order valence-electron chi connectivity index (χ3n) is 13.5. The molecule has 17 nitrogen and oxygen atoms in total. The first-order valence-electron chi connectivity index (χ1n) is 26.2. The number of aromatic nitrogens is 1. The second-order valence-electron chi connectivity index (χ2n) is 20.1. The third kappa shape index (κ3) is 16.1. The molecule has 1 aromatic heterocycles. The fourth-order valence-corrected chi connectivity index (χ4v) is 9.44. The molecule has 74 heavy (non-hydrogen) atoms. The molecule has 3 heterocycles. The first kappa shape index (κ1) is 55.5. The molecule has 1 aliphatic carbocycles. The molecule has 2 saturated heterocycles. The molecular formula is C57H75N7O10. The second-order valence-corrected chi connectivity index (χ2v) is 20.1. The van der Waals surface area contributed by atoms with Crippen LogP contribution in [0.4, 0.5) is 11.4 Å². The second kappa shape index (κ2) is 27.3. The van der Waals surface area contributed by atoms with Crippen LogP contribution in [-0.2, 0) is 39.7 Å². The molecular weight excluding hydrogens is 943 g/mol. The van der Waals surface area contributed by atoms with Gasteiger partial charge < -0.3 is 49.0 Å². The third-order valence-corrected chi connectivity index (χ3v) is 13.5. The van der Waals surface area contributed by atoms with Crippen molar-refractivity contribution >= 4 is 41.0 Å². The van der Waals surface area contributed by atoms with Crippen molar-refractivity contribution in [2.24, 2.45) is 0 Å². The molecule has 2 aliphatic heterocycles. The molecule has 4 amide bonds. The van der Waals surface area contributed by atoms with Gasteiger partial charge in [0.1, 0.15) is 11.6 Å². The monoisotopic (exact) mass is 1020 g/mol. The number of hydrogen-bond acceptors (Lipinski definition) is 13. The largest absolute Gasteiger partial charge is 0.460 e. The minimum absolute atomic E-state index is 0.0787. The van der Waals surface area contributed by atoms with Gasteiger partial charge in [-0.15, -0.1) is 0 Å². The fraction of sp³-hybridized carbons (Fsp3) is 0.509. The van der Waals surface area contributed by atoms with E-state index in [1.165, 1.54) is 12.0 Å². The van der Waals surface area contributed by atoms with Gasteiger partial charge in [0.15, 0.2) is 0 Å². The van der Waals surface area contributed by atoms with Crippen molar-refractivity contribution in [2.45, 2.75) is 83.4 Å². The summed E-state index contributed by atoms with van der Waals surface area (Å²) in [5.74, 6) is -1.24. The summed E-state index contributed by atoms with van der Waals surface area (Å²) in [6, 6.07) is 23.8. The highest BCUT2D eigenvalue weighted by atomic mass is 16.6. The van der Waals surface area contributed by atoms with Gasteiger partial charge in [0.25, 0.3) is 17.7 Å². The maximum Gasteiger partial charge on any atom is 0.308 e. The molecule has 3 aromatic carbocycles. The predicted octanol–water partition coefficient (Wildman–Crippen LogP) is 6.81. The first-order chi connectivity index (χ1) is 35.7. The van der Waals surface area contributed by atoms with Gasteiger partial charge in [-0.05, 0) is 119 Å². The molecule has 0 radical (unpaired) electrons. The highest BCUT2D eigenvalue weighted by Gasteiger charge is 2.32. The van der Waals surface area contributed by atoms with Crippen molar-refractivity contribution in [3.05, 3.63) is 113 Å². The predicted molar refractivity (Wildman–Crippen MR) is 283 cm³/mol. The number of hydrogen-bond donors (Lipinski definition) is 2. The van der Waals surface area contributed by atoms with Crippen LogP contribution in [-0.4, -0.2) is 167 Å². The van der Waals surface area contributed by atoms with Gasteiger partial charge in [0.2, 0.25) is 5.91 Å². The zero-order valence-corrected chi connectivity index (χ0v) is 43.9. The van der Waals surface area contributed by atoms with Crippen molar-refractivity contribution in [2.75, 3.05) is 116 Å². The molecule has 0 bridgehead atoms. The van der Waals surface area contributed by atoms with Gasteiger partial charge in [-0.2, -0.15) is 0 Å². The summed E-state index contributed by atoms with van der Waals surface area (Å²) in [5.41, 5.74) is 5.82. The number of aryl methyl sites for hydroxylation is 1. The highest BCUT2D eigenvalue weighted by Crippen LogP contribution is 2.34. The molecule has 398 valence electrons. The van der Waals surface area contributed by atoms with E-state index in [0.717, 1.165) is 56.4 Å². The number of morpholine rings is 1. The van der Waals surface area contributed by atoms with Crippen LogP contribution in [0, 0.1) is 0 Å². The van der Waals surface area contributed by atoms with Crippen LogP contribution < -0.4 is 15.5 Å². The molecule has 0 spiro atoms. The number of pyridine rings is 1. The molecule has 2 N–H and O–H groups in total. The van der Waals surface area contributed by atoms with Gasteiger partial charge in [0, 0.05) is 87.5 Å². The van der Waals surface area contributed by atoms with Crippen LogP contribution in [0.3, 0.4) is 0 Å². The maximum atomic E-state index is 14.1. The van der Waals surface area contributed by atoms with Gasteiger partial charge in [-0.1, -0.05) is 30.3 Å². The number of amides is 4. The number of nitrogens with one attached hydrogen (secondary N) is 2. The summed E-state index contributed by atoms with van der Waals surface area (Å²) in [5, 5.41) is 6.37. The normalized spacial score (nSPS) is 17.0. The summed E-state index contributed by atoms with van der Waals surface area (Å²) in [6.07, 6.45) is 8.06. The van der Waals surface area contributed by atoms with Crippen molar-refractivity contribution in [1.29, 1.82) is 0 Å². The Bertz CT molecular complexity index is 2530. The summed E-state index contributed by atoms with van der Waals surface area (Å²) >= 11 is 0. The zero-order chi connectivity index (χ0) is 52.5. The number of fused-ring (bicyclic) bond motifs is 1. The van der Waals surface area contributed by atoms with E-state index in [2.05, 4.69) is 27.7 Å². The maximum absolute atomic E-state index is 14.1. The van der Waals surface area contributed by atoms with Crippen LogP contribution in [0.2, 0.25) is 0 Å². The molecule has 7 rings (SSSR count). The van der Waals surface area contributed by atoms with Crippen LogP contribution in [0.25, 0.3) is 11.3 Å². The topological polar surface area (TPSA) is 181 Å². The molecule has 2 fully saturated rings. The number of likely N-dealkylation sites (N-methyl/N-ethyl adjacent to an activating group) is 2. The van der Waals surface area contributed by atoms with E-state index in [9.17, 15) is 24.0 Å². The van der Waals surface area contributed by atoms with Gasteiger partial charge >= 0.3 is 5.97 Å². The van der Waals surface area contributed by atoms with Gasteiger partial charge in [0.05, 0.1) is 76.7 Å². The molecule has 17 heteroatoms. The molecule has 0 saturated carbocycles. The van der Waals surface area contributed by atoms with Crippen molar-refractivity contribution in [1.82, 2.24) is 25.0 Å². The Kier molecular flexibility index (Phi) is 20.5. The number of esters is 1. The lowest BCUT2D eigenvalue weighted by Gasteiger charge is -2.37. The lowest BCUT2D eigenvalue weighted by atomic mass is 9.87. The number of piperidine rings is 1. The SMILES string of the molecule is CN(CCN1CCOCC1C(=O)N(C)CCOCCOCCOCCC(=O)OC(C)(C)C)C(=O)c1cccc(C(=O)Nc2ccc(N3CCCCC3)cc2-c2cc(C(=O)N[C@H]3CCCc4ccccc43)ccn2)c1. The van der Waals surface area contributed by atoms with Gasteiger partial charge in [-0.3, -0.25) is 33.9 Å². The summed E-state index contributed by atoms with van der Waals surface area (Å²) < 4.78 is 27.7. The number of anilines is 2. The van der Waals surface area contributed by atoms with Crippen molar-refractivity contribution < 1.29 is 47.7 Å². The van der Waals surface area contributed by atoms with Crippen LogP contribution in [0.5, 0.6) is 0 Å². The van der Waals surface area contributed by atoms with E-state index >= 15 is 0 Å². The van der Waals surface area contributed by atoms with Crippen LogP contribution >= 0.6 is 0 Å². The number of carbonyl (C=O) groups is 5. The lowest BCUT2D eigenvalue weighted by molar-refractivity contribution is -0.156. The zero-order valence-electron chi connectivity index (χ0n) is 43.9. The average molecular weight is 1020 g/mol. The van der Waals surface area contributed by atoms with E-state index in [1.54, 1.807) is 66.5 Å². The van der Waals surface area contributed by atoms with E-state index in [4.69, 9.17) is 28.7 Å². The van der Waals surface area contributed by atoms with E-state index < -0.39 is 17.6 Å². The minimum Gasteiger partial charge on any atom is -0.460 e. The molecule has 3 aliphatic rings. The Balaban J connectivity index is 0.905. The van der Waals surface area contributed by atoms with Crippen LogP contribution in [0.1, 0.15) is 108 Å². The highest BCUT2D eigenvalue weighted by molar-refractivity contribution is 6.08. The van der Waals surface area contributed by atoms with Crippen LogP contribution in [0.15, 0.2) is 85.1 Å². The summed E-state index contributed by atoms with van der Waals surface area (Å²) in [4.78, 5) is 79.6. The Morgan fingerprint density at radius 1 is 0.743 bits per heavy atom. The Morgan fingerprint density at radius 2 is 1.47 bits per heavy atom. The summed E-state index contributed by atoms with van der Waals surface area (Å²) in [7, 11) is 3.45. The van der Waals surface area contributed by atoms with E-state index in [-0.39, 0.29) is 49.4 Å². The van der Waals surface area contributed by atoms with Crippen molar-refractivity contribution in [3.63, 3.8) is 0 Å².